The van der Waals surface area contributed by atoms with Crippen molar-refractivity contribution in [3.05, 3.63) is 10.1 Å². The molecule has 0 unspecified atom stereocenters. The Balaban J connectivity index is 3.28. The van der Waals surface area contributed by atoms with E-state index in [0.717, 1.165) is 0 Å². The van der Waals surface area contributed by atoms with Gasteiger partial charge in [-0.2, -0.15) is 0 Å². The van der Waals surface area contributed by atoms with Gasteiger partial charge in [0.2, 0.25) is 6.54 Å². The van der Waals surface area contributed by atoms with E-state index in [-0.39, 0.29) is 18.7 Å². The second kappa shape index (κ2) is 4.00. The largest absolute Gasteiger partial charge is 0.299 e. The monoisotopic (exact) mass is 131 g/mol. The Morgan fingerprint density at radius 2 is 2.22 bits per heavy atom. The van der Waals surface area contributed by atoms with Crippen molar-refractivity contribution in [2.75, 3.05) is 6.54 Å². The minimum absolute atomic E-state index is 0.0494. The van der Waals surface area contributed by atoms with Crippen molar-refractivity contribution < 1.29 is 9.72 Å². The number of carbonyl (C=O) groups excluding carboxylic acids is 1. The lowest BCUT2D eigenvalue weighted by Gasteiger charge is -1.89. The lowest BCUT2D eigenvalue weighted by molar-refractivity contribution is -0.478. The Labute approximate surface area is 53.0 Å². The van der Waals surface area contributed by atoms with Crippen LogP contribution in [0.1, 0.15) is 19.8 Å². The Bertz CT molecular complexity index is 121. The predicted octanol–water partition coefficient (Wildman–Crippen LogP) is 0.632. The first-order valence-corrected chi connectivity index (χ1v) is 2.80. The summed E-state index contributed by atoms with van der Waals surface area (Å²) in [5, 5.41) is 9.67. The van der Waals surface area contributed by atoms with Crippen molar-refractivity contribution in [3.63, 3.8) is 0 Å². The van der Waals surface area contributed by atoms with Crippen LogP contribution in [0.2, 0.25) is 0 Å². The van der Waals surface area contributed by atoms with E-state index in [1.807, 2.05) is 0 Å². The van der Waals surface area contributed by atoms with E-state index >= 15 is 0 Å². The maximum absolute atomic E-state index is 10.4. The molecule has 0 saturated heterocycles. The fourth-order valence-electron chi connectivity index (χ4n) is 0.393. The standard InChI is InChI=1S/C5H9NO3/c1-2-5(7)3-4-6(8)9/h2-4H2,1H3. The number of Topliss-reactive ketones (excluding diaryl/α,β-unsaturated/α-hetero) is 1. The highest BCUT2D eigenvalue weighted by Gasteiger charge is 2.02. The van der Waals surface area contributed by atoms with Gasteiger partial charge in [0.25, 0.3) is 0 Å². The van der Waals surface area contributed by atoms with Crippen LogP contribution in [0.3, 0.4) is 0 Å². The fourth-order valence-corrected chi connectivity index (χ4v) is 0.393. The quantitative estimate of drug-likeness (QED) is 0.415. The first kappa shape index (κ1) is 8.07. The molecule has 0 bridgehead atoms. The summed E-state index contributed by atoms with van der Waals surface area (Å²) >= 11 is 0. The van der Waals surface area contributed by atoms with Crippen LogP contribution < -0.4 is 0 Å². The predicted molar refractivity (Wildman–Crippen MR) is 31.8 cm³/mol. The minimum Gasteiger partial charge on any atom is -0.299 e. The van der Waals surface area contributed by atoms with Gasteiger partial charge in [-0.1, -0.05) is 6.92 Å². The molecule has 0 amide bonds. The zero-order chi connectivity index (χ0) is 7.28. The molecule has 0 aliphatic carbocycles. The maximum atomic E-state index is 10.4. The van der Waals surface area contributed by atoms with Gasteiger partial charge < -0.3 is 0 Å². The zero-order valence-electron chi connectivity index (χ0n) is 5.29. The molecule has 4 nitrogen and oxygen atoms in total. The van der Waals surface area contributed by atoms with Gasteiger partial charge >= 0.3 is 0 Å². The van der Waals surface area contributed by atoms with Gasteiger partial charge in [-0.3, -0.25) is 14.9 Å². The highest BCUT2D eigenvalue weighted by atomic mass is 16.6. The van der Waals surface area contributed by atoms with Crippen molar-refractivity contribution in [2.45, 2.75) is 19.8 Å². The third-order valence-electron chi connectivity index (χ3n) is 0.968. The van der Waals surface area contributed by atoms with E-state index in [2.05, 4.69) is 0 Å². The first-order valence-electron chi connectivity index (χ1n) is 2.80. The molecular weight excluding hydrogens is 122 g/mol. The third kappa shape index (κ3) is 4.93. The molecule has 52 valence electrons. The molecule has 0 aromatic heterocycles. The summed E-state index contributed by atoms with van der Waals surface area (Å²) in [7, 11) is 0. The molecule has 0 heterocycles. The van der Waals surface area contributed by atoms with Crippen LogP contribution >= 0.6 is 0 Å². The van der Waals surface area contributed by atoms with Crippen LogP contribution in [0, 0.1) is 10.1 Å². The van der Waals surface area contributed by atoms with E-state index in [4.69, 9.17) is 0 Å². The van der Waals surface area contributed by atoms with Crippen LogP contribution in [-0.4, -0.2) is 17.3 Å². The van der Waals surface area contributed by atoms with Gasteiger partial charge in [0.1, 0.15) is 5.78 Å². The van der Waals surface area contributed by atoms with E-state index in [9.17, 15) is 14.9 Å². The molecular formula is C5H9NO3. The van der Waals surface area contributed by atoms with Crippen LogP contribution in [0.4, 0.5) is 0 Å². The number of ketones is 1. The highest BCUT2D eigenvalue weighted by molar-refractivity contribution is 5.77. The van der Waals surface area contributed by atoms with Crippen molar-refractivity contribution >= 4 is 5.78 Å². The molecule has 0 aromatic carbocycles. The van der Waals surface area contributed by atoms with Gasteiger partial charge in [0.15, 0.2) is 0 Å². The van der Waals surface area contributed by atoms with Gasteiger partial charge in [-0.15, -0.1) is 0 Å². The molecule has 0 aliphatic rings. The minimum atomic E-state index is -0.479. The van der Waals surface area contributed by atoms with E-state index in [0.29, 0.717) is 6.42 Å². The molecule has 9 heavy (non-hydrogen) atoms. The number of nitro groups is 1. The van der Waals surface area contributed by atoms with Crippen molar-refractivity contribution in [1.82, 2.24) is 0 Å². The first-order chi connectivity index (χ1) is 4.16. The SMILES string of the molecule is CCC(=O)CC[N+](=O)[O-]. The Kier molecular flexibility index (Phi) is 3.59. The smallest absolute Gasteiger partial charge is 0.210 e. The molecule has 0 saturated carbocycles. The summed E-state index contributed by atoms with van der Waals surface area (Å²) in [5.74, 6) is -0.0494. The van der Waals surface area contributed by atoms with Gasteiger partial charge in [0, 0.05) is 11.3 Å². The average Bonchev–Trinajstić information content (AvgIpc) is 1.83. The summed E-state index contributed by atoms with van der Waals surface area (Å²) in [4.78, 5) is 19.6. The second-order valence-electron chi connectivity index (χ2n) is 1.70. The number of hydrogen-bond donors (Lipinski definition) is 0. The van der Waals surface area contributed by atoms with Gasteiger partial charge in [-0.25, -0.2) is 0 Å². The van der Waals surface area contributed by atoms with Gasteiger partial charge in [-0.05, 0) is 0 Å². The molecule has 0 N–H and O–H groups in total. The molecule has 0 atom stereocenters. The maximum Gasteiger partial charge on any atom is 0.210 e. The molecule has 0 aliphatic heterocycles. The summed E-state index contributed by atoms with van der Waals surface area (Å²) in [6, 6.07) is 0. The van der Waals surface area contributed by atoms with Crippen LogP contribution in [-0.2, 0) is 4.79 Å². The Hall–Kier alpha value is -0.930. The molecule has 0 spiro atoms. The lowest BCUT2D eigenvalue weighted by atomic mass is 10.2. The summed E-state index contributed by atoms with van der Waals surface area (Å²) in [6.07, 6.45) is 0.470. The number of nitrogens with zero attached hydrogens (tertiary/aromatic N) is 1. The topological polar surface area (TPSA) is 60.2 Å². The van der Waals surface area contributed by atoms with Crippen molar-refractivity contribution in [3.8, 4) is 0 Å². The van der Waals surface area contributed by atoms with Crippen molar-refractivity contribution in [1.29, 1.82) is 0 Å². The summed E-state index contributed by atoms with van der Waals surface area (Å²) in [6.45, 7) is 1.47. The summed E-state index contributed by atoms with van der Waals surface area (Å²) in [5.41, 5.74) is 0. The van der Waals surface area contributed by atoms with Crippen LogP contribution in [0.15, 0.2) is 0 Å². The molecule has 0 aromatic rings. The Morgan fingerprint density at radius 1 is 1.67 bits per heavy atom. The van der Waals surface area contributed by atoms with E-state index in [1.54, 1.807) is 6.92 Å². The number of carbonyl (C=O) groups is 1. The fraction of sp³-hybridized carbons (Fsp3) is 0.800. The Morgan fingerprint density at radius 3 is 2.56 bits per heavy atom. The van der Waals surface area contributed by atoms with E-state index < -0.39 is 4.92 Å². The van der Waals surface area contributed by atoms with Gasteiger partial charge in [0.05, 0.1) is 6.42 Å². The molecule has 4 heteroatoms. The zero-order valence-corrected chi connectivity index (χ0v) is 5.29. The molecule has 0 rings (SSSR count). The average molecular weight is 131 g/mol. The molecule has 0 radical (unpaired) electrons. The summed E-state index contributed by atoms with van der Waals surface area (Å²) < 4.78 is 0. The van der Waals surface area contributed by atoms with E-state index in [1.165, 1.54) is 0 Å². The highest BCUT2D eigenvalue weighted by Crippen LogP contribution is 1.87. The lowest BCUT2D eigenvalue weighted by Crippen LogP contribution is -2.06. The number of rotatable bonds is 4. The van der Waals surface area contributed by atoms with Crippen LogP contribution in [0.25, 0.3) is 0 Å². The normalized spacial score (nSPS) is 9.00. The number of hydrogen-bond acceptors (Lipinski definition) is 3. The van der Waals surface area contributed by atoms with Crippen LogP contribution in [0.5, 0.6) is 0 Å². The molecule has 0 fully saturated rings. The van der Waals surface area contributed by atoms with Crippen molar-refractivity contribution in [2.24, 2.45) is 0 Å². The third-order valence-corrected chi connectivity index (χ3v) is 0.968. The second-order valence-corrected chi connectivity index (χ2v) is 1.70.